The van der Waals surface area contributed by atoms with Crippen molar-refractivity contribution >= 4 is 11.6 Å². The summed E-state index contributed by atoms with van der Waals surface area (Å²) in [6.07, 6.45) is 2.10. The topological polar surface area (TPSA) is 26.0 Å². The monoisotopic (exact) mass is 195 g/mol. The number of rotatable bonds is 1. The predicted molar refractivity (Wildman–Crippen MR) is 55.7 cm³/mol. The maximum atomic E-state index is 6.23. The molecule has 2 N–H and O–H groups in total. The molecule has 0 unspecified atom stereocenters. The van der Waals surface area contributed by atoms with Crippen molar-refractivity contribution in [3.63, 3.8) is 0 Å². The predicted octanol–water partition coefficient (Wildman–Crippen LogP) is 2.92. The SMILES string of the molecule is CC1CC(N)(c2ccccc2Cl)C1. The van der Waals surface area contributed by atoms with Gasteiger partial charge < -0.3 is 5.73 Å². The molecule has 0 heterocycles. The molecule has 0 aromatic heterocycles. The van der Waals surface area contributed by atoms with Gasteiger partial charge in [-0.2, -0.15) is 0 Å². The molecule has 0 atom stereocenters. The Morgan fingerprint density at radius 3 is 2.54 bits per heavy atom. The Kier molecular flexibility index (Phi) is 2.09. The fourth-order valence-corrected chi connectivity index (χ4v) is 2.59. The van der Waals surface area contributed by atoms with Crippen molar-refractivity contribution in [2.75, 3.05) is 0 Å². The molecule has 1 nitrogen and oxygen atoms in total. The molecule has 0 bridgehead atoms. The first-order valence-electron chi connectivity index (χ1n) is 4.66. The van der Waals surface area contributed by atoms with Crippen LogP contribution in [-0.2, 0) is 5.54 Å². The Morgan fingerprint density at radius 1 is 1.38 bits per heavy atom. The highest BCUT2D eigenvalue weighted by atomic mass is 35.5. The van der Waals surface area contributed by atoms with Gasteiger partial charge in [-0.1, -0.05) is 36.7 Å². The third-order valence-electron chi connectivity index (χ3n) is 2.84. The second-order valence-electron chi connectivity index (χ2n) is 4.15. The van der Waals surface area contributed by atoms with Crippen molar-refractivity contribution in [2.45, 2.75) is 25.3 Å². The number of hydrogen-bond donors (Lipinski definition) is 1. The summed E-state index contributed by atoms with van der Waals surface area (Å²) in [4.78, 5) is 0. The van der Waals surface area contributed by atoms with Crippen LogP contribution >= 0.6 is 11.6 Å². The molecule has 2 heteroatoms. The minimum atomic E-state index is -0.155. The summed E-state index contributed by atoms with van der Waals surface area (Å²) in [6.45, 7) is 2.22. The van der Waals surface area contributed by atoms with Gasteiger partial charge in [0, 0.05) is 10.6 Å². The van der Waals surface area contributed by atoms with E-state index in [0.717, 1.165) is 29.3 Å². The molecule has 2 rings (SSSR count). The molecule has 0 aliphatic heterocycles. The average Bonchev–Trinajstić information content (AvgIpc) is 2.02. The summed E-state index contributed by atoms with van der Waals surface area (Å²) >= 11 is 6.09. The van der Waals surface area contributed by atoms with E-state index in [1.807, 2.05) is 24.3 Å². The number of hydrogen-bond acceptors (Lipinski definition) is 1. The van der Waals surface area contributed by atoms with Crippen LogP contribution in [0.15, 0.2) is 24.3 Å². The molecule has 1 saturated carbocycles. The fraction of sp³-hybridized carbons (Fsp3) is 0.455. The summed E-state index contributed by atoms with van der Waals surface area (Å²) in [5, 5.41) is 0.803. The minimum Gasteiger partial charge on any atom is -0.321 e. The molecule has 1 aromatic rings. The lowest BCUT2D eigenvalue weighted by Gasteiger charge is -2.44. The Morgan fingerprint density at radius 2 is 2.00 bits per heavy atom. The van der Waals surface area contributed by atoms with Crippen LogP contribution in [0, 0.1) is 5.92 Å². The van der Waals surface area contributed by atoms with Gasteiger partial charge in [-0.3, -0.25) is 0 Å². The van der Waals surface area contributed by atoms with Gasteiger partial charge in [0.25, 0.3) is 0 Å². The third-order valence-corrected chi connectivity index (χ3v) is 3.17. The standard InChI is InChI=1S/C11H14ClN/c1-8-6-11(13,7-8)9-4-2-3-5-10(9)12/h2-5,8H,6-7,13H2,1H3. The van der Waals surface area contributed by atoms with Gasteiger partial charge in [0.15, 0.2) is 0 Å². The average molecular weight is 196 g/mol. The molecule has 1 fully saturated rings. The van der Waals surface area contributed by atoms with E-state index in [1.165, 1.54) is 0 Å². The van der Waals surface area contributed by atoms with Crippen LogP contribution in [-0.4, -0.2) is 0 Å². The lowest BCUT2D eigenvalue weighted by atomic mass is 9.66. The molecule has 0 spiro atoms. The van der Waals surface area contributed by atoms with Crippen LogP contribution in [0.1, 0.15) is 25.3 Å². The molecular weight excluding hydrogens is 182 g/mol. The van der Waals surface area contributed by atoms with E-state index >= 15 is 0 Å². The van der Waals surface area contributed by atoms with Gasteiger partial charge in [-0.05, 0) is 30.4 Å². The van der Waals surface area contributed by atoms with E-state index < -0.39 is 0 Å². The molecule has 0 amide bonds. The van der Waals surface area contributed by atoms with Crippen LogP contribution in [0.3, 0.4) is 0 Å². The van der Waals surface area contributed by atoms with E-state index in [0.29, 0.717) is 0 Å². The molecule has 0 radical (unpaired) electrons. The van der Waals surface area contributed by atoms with Crippen LogP contribution in [0.4, 0.5) is 0 Å². The smallest absolute Gasteiger partial charge is 0.0456 e. The summed E-state index contributed by atoms with van der Waals surface area (Å²) in [5.74, 6) is 0.737. The Balaban J connectivity index is 2.31. The molecule has 0 saturated heterocycles. The first-order chi connectivity index (χ1) is 6.12. The molecule has 13 heavy (non-hydrogen) atoms. The van der Waals surface area contributed by atoms with Gasteiger partial charge in [0.1, 0.15) is 0 Å². The summed E-state index contributed by atoms with van der Waals surface area (Å²) in [7, 11) is 0. The van der Waals surface area contributed by atoms with Crippen molar-refractivity contribution in [3.05, 3.63) is 34.9 Å². The van der Waals surface area contributed by atoms with Crippen molar-refractivity contribution in [3.8, 4) is 0 Å². The molecule has 1 aliphatic carbocycles. The number of halogens is 1. The Labute approximate surface area is 83.9 Å². The van der Waals surface area contributed by atoms with E-state index in [1.54, 1.807) is 0 Å². The van der Waals surface area contributed by atoms with Crippen molar-refractivity contribution in [1.29, 1.82) is 0 Å². The fourth-order valence-electron chi connectivity index (χ4n) is 2.27. The Hall–Kier alpha value is -0.530. The molecule has 70 valence electrons. The van der Waals surface area contributed by atoms with E-state index in [9.17, 15) is 0 Å². The highest BCUT2D eigenvalue weighted by Crippen LogP contribution is 2.45. The Bertz CT molecular complexity index is 316. The number of benzene rings is 1. The molecular formula is C11H14ClN. The van der Waals surface area contributed by atoms with Gasteiger partial charge >= 0.3 is 0 Å². The third kappa shape index (κ3) is 1.47. The first kappa shape index (κ1) is 9.04. The second kappa shape index (κ2) is 3.00. The van der Waals surface area contributed by atoms with E-state index in [2.05, 4.69) is 6.92 Å². The van der Waals surface area contributed by atoms with Gasteiger partial charge in [-0.25, -0.2) is 0 Å². The lowest BCUT2D eigenvalue weighted by molar-refractivity contribution is 0.164. The van der Waals surface area contributed by atoms with E-state index in [4.69, 9.17) is 17.3 Å². The molecule has 1 aliphatic rings. The molecule has 1 aromatic carbocycles. The van der Waals surface area contributed by atoms with Crippen molar-refractivity contribution in [2.24, 2.45) is 11.7 Å². The van der Waals surface area contributed by atoms with Gasteiger partial charge in [0.2, 0.25) is 0 Å². The highest BCUT2D eigenvalue weighted by molar-refractivity contribution is 6.31. The zero-order chi connectivity index (χ0) is 9.47. The van der Waals surface area contributed by atoms with Gasteiger partial charge in [-0.15, -0.1) is 0 Å². The maximum Gasteiger partial charge on any atom is 0.0456 e. The summed E-state index contributed by atoms with van der Waals surface area (Å²) < 4.78 is 0. The van der Waals surface area contributed by atoms with Crippen LogP contribution in [0.25, 0.3) is 0 Å². The zero-order valence-corrected chi connectivity index (χ0v) is 8.51. The quantitative estimate of drug-likeness (QED) is 0.733. The normalized spacial score (nSPS) is 32.7. The van der Waals surface area contributed by atoms with Crippen molar-refractivity contribution < 1.29 is 0 Å². The van der Waals surface area contributed by atoms with Crippen molar-refractivity contribution in [1.82, 2.24) is 0 Å². The first-order valence-corrected chi connectivity index (χ1v) is 5.03. The maximum absolute atomic E-state index is 6.23. The van der Waals surface area contributed by atoms with Crippen LogP contribution in [0.2, 0.25) is 5.02 Å². The summed E-state index contributed by atoms with van der Waals surface area (Å²) in [5.41, 5.74) is 7.18. The van der Waals surface area contributed by atoms with Gasteiger partial charge in [0.05, 0.1) is 0 Å². The largest absolute Gasteiger partial charge is 0.321 e. The van der Waals surface area contributed by atoms with Crippen LogP contribution in [0.5, 0.6) is 0 Å². The second-order valence-corrected chi connectivity index (χ2v) is 4.56. The van der Waals surface area contributed by atoms with E-state index in [-0.39, 0.29) is 5.54 Å². The highest BCUT2D eigenvalue weighted by Gasteiger charge is 2.40. The summed E-state index contributed by atoms with van der Waals surface area (Å²) in [6, 6.07) is 7.89. The number of nitrogens with two attached hydrogens (primary N) is 1. The zero-order valence-electron chi connectivity index (χ0n) is 7.76. The van der Waals surface area contributed by atoms with Crippen LogP contribution < -0.4 is 5.73 Å². The lowest BCUT2D eigenvalue weighted by Crippen LogP contribution is -2.48. The minimum absolute atomic E-state index is 0.155.